The number of esters is 1. The molecule has 1 aliphatic heterocycles. The molecule has 0 spiro atoms. The summed E-state index contributed by atoms with van der Waals surface area (Å²) >= 11 is 0. The standard InChI is InChI=1S/C14H17F2NO4/c1-12(15,16)14(19)7-10(17-21-14)9-3-4-13(11(18)20-2)5-8(9)6-13/h19H,3-7H2,1-2H3. The lowest BCUT2D eigenvalue weighted by Crippen LogP contribution is -2.47. The van der Waals surface area contributed by atoms with Crippen LogP contribution in [0.3, 0.4) is 0 Å². The normalized spacial score (nSPS) is 30.4. The third kappa shape index (κ3) is 1.97. The van der Waals surface area contributed by atoms with Gasteiger partial charge in [-0.3, -0.25) is 4.79 Å². The second kappa shape index (κ2) is 4.25. The summed E-state index contributed by atoms with van der Waals surface area (Å²) in [6.45, 7) is 0.607. The number of hydrogen-bond acceptors (Lipinski definition) is 5. The van der Waals surface area contributed by atoms with Crippen LogP contribution in [0.5, 0.6) is 0 Å². The van der Waals surface area contributed by atoms with Gasteiger partial charge in [0.05, 0.1) is 24.7 Å². The zero-order valence-corrected chi connectivity index (χ0v) is 11.9. The van der Waals surface area contributed by atoms with Gasteiger partial charge in [0.2, 0.25) is 0 Å². The van der Waals surface area contributed by atoms with E-state index in [-0.39, 0.29) is 12.4 Å². The number of fused-ring (bicyclic) bond motifs is 2. The molecule has 1 unspecified atom stereocenters. The molecule has 2 bridgehead atoms. The fourth-order valence-corrected chi connectivity index (χ4v) is 3.33. The summed E-state index contributed by atoms with van der Waals surface area (Å²) in [7, 11) is 1.37. The number of carbonyl (C=O) groups excluding carboxylic acids is 1. The first-order valence-corrected chi connectivity index (χ1v) is 6.86. The van der Waals surface area contributed by atoms with E-state index >= 15 is 0 Å². The molecule has 0 saturated heterocycles. The summed E-state index contributed by atoms with van der Waals surface area (Å²) in [6.07, 6.45) is 2.00. The highest BCUT2D eigenvalue weighted by atomic mass is 19.3. The van der Waals surface area contributed by atoms with Crippen LogP contribution in [0.25, 0.3) is 0 Å². The van der Waals surface area contributed by atoms with E-state index < -0.39 is 17.1 Å². The number of rotatable bonds is 3. The number of aliphatic hydroxyl groups is 1. The van der Waals surface area contributed by atoms with Crippen LogP contribution in [0.2, 0.25) is 0 Å². The molecule has 116 valence electrons. The summed E-state index contributed by atoms with van der Waals surface area (Å²) < 4.78 is 31.5. The molecule has 7 heteroatoms. The number of halogens is 2. The van der Waals surface area contributed by atoms with Crippen LogP contribution >= 0.6 is 0 Å². The van der Waals surface area contributed by atoms with Crippen molar-refractivity contribution in [3.8, 4) is 0 Å². The maximum absolute atomic E-state index is 13.3. The predicted octanol–water partition coefficient (Wildman–Crippen LogP) is 2.15. The molecular weight excluding hydrogens is 284 g/mol. The molecule has 1 fully saturated rings. The fourth-order valence-electron chi connectivity index (χ4n) is 3.33. The molecule has 0 aromatic rings. The Hall–Kier alpha value is -1.50. The Labute approximate surface area is 120 Å². The topological polar surface area (TPSA) is 68.1 Å². The average Bonchev–Trinajstić information content (AvgIpc) is 2.80. The zero-order valence-electron chi connectivity index (χ0n) is 11.9. The molecule has 1 atom stereocenters. The van der Waals surface area contributed by atoms with Gasteiger partial charge in [-0.2, -0.15) is 8.78 Å². The molecule has 4 rings (SSSR count). The summed E-state index contributed by atoms with van der Waals surface area (Å²) in [6, 6.07) is 0. The number of alkyl halides is 2. The Bertz CT molecular complexity index is 556. The van der Waals surface area contributed by atoms with Crippen LogP contribution in [0.1, 0.15) is 39.0 Å². The highest BCUT2D eigenvalue weighted by Gasteiger charge is 2.58. The highest BCUT2D eigenvalue weighted by molar-refractivity contribution is 6.03. The molecule has 21 heavy (non-hydrogen) atoms. The molecule has 0 aromatic carbocycles. The highest BCUT2D eigenvalue weighted by Crippen LogP contribution is 2.56. The van der Waals surface area contributed by atoms with Gasteiger partial charge in [0, 0.05) is 6.92 Å². The number of hydrogen-bond donors (Lipinski definition) is 1. The molecule has 3 aliphatic carbocycles. The average molecular weight is 301 g/mol. The van der Waals surface area contributed by atoms with E-state index in [1.165, 1.54) is 7.11 Å². The largest absolute Gasteiger partial charge is 0.469 e. The van der Waals surface area contributed by atoms with E-state index in [2.05, 4.69) is 9.99 Å². The number of allylic oxidation sites excluding steroid dienone is 2. The van der Waals surface area contributed by atoms with Gasteiger partial charge in [-0.15, -0.1) is 0 Å². The molecule has 1 N–H and O–H groups in total. The minimum absolute atomic E-state index is 0.216. The third-order valence-corrected chi connectivity index (χ3v) is 4.75. The Morgan fingerprint density at radius 1 is 1.43 bits per heavy atom. The van der Waals surface area contributed by atoms with E-state index in [1.807, 2.05) is 0 Å². The number of ether oxygens (including phenoxy) is 1. The minimum Gasteiger partial charge on any atom is -0.469 e. The van der Waals surface area contributed by atoms with Crippen molar-refractivity contribution in [2.75, 3.05) is 7.11 Å². The molecule has 5 nitrogen and oxygen atoms in total. The molecular formula is C14H17F2NO4. The first kappa shape index (κ1) is 14.4. The van der Waals surface area contributed by atoms with E-state index in [1.54, 1.807) is 0 Å². The monoisotopic (exact) mass is 301 g/mol. The van der Waals surface area contributed by atoms with Crippen molar-refractivity contribution < 1.29 is 28.3 Å². The Kier molecular flexibility index (Phi) is 2.92. The van der Waals surface area contributed by atoms with Crippen molar-refractivity contribution in [3.05, 3.63) is 11.1 Å². The summed E-state index contributed by atoms with van der Waals surface area (Å²) in [5.74, 6) is -6.18. The molecule has 4 aliphatic rings. The van der Waals surface area contributed by atoms with Crippen LogP contribution < -0.4 is 0 Å². The van der Waals surface area contributed by atoms with Gasteiger partial charge in [0.1, 0.15) is 0 Å². The smallest absolute Gasteiger partial charge is 0.312 e. The van der Waals surface area contributed by atoms with Crippen molar-refractivity contribution in [2.45, 2.75) is 50.7 Å². The second-order valence-corrected chi connectivity index (χ2v) is 6.19. The molecule has 0 aromatic heterocycles. The Morgan fingerprint density at radius 3 is 2.52 bits per heavy atom. The van der Waals surface area contributed by atoms with Gasteiger partial charge in [-0.25, -0.2) is 0 Å². The van der Waals surface area contributed by atoms with Gasteiger partial charge in [-0.1, -0.05) is 10.7 Å². The van der Waals surface area contributed by atoms with Crippen LogP contribution in [-0.4, -0.2) is 35.6 Å². The summed E-state index contributed by atoms with van der Waals surface area (Å²) in [5, 5.41) is 13.5. The van der Waals surface area contributed by atoms with E-state index in [0.29, 0.717) is 38.3 Å². The first-order valence-electron chi connectivity index (χ1n) is 6.86. The van der Waals surface area contributed by atoms with Gasteiger partial charge < -0.3 is 14.7 Å². The number of oxime groups is 1. The van der Waals surface area contributed by atoms with Crippen LogP contribution in [0.15, 0.2) is 16.3 Å². The fraction of sp³-hybridized carbons (Fsp3) is 0.714. The predicted molar refractivity (Wildman–Crippen MR) is 68.7 cm³/mol. The van der Waals surface area contributed by atoms with Crippen LogP contribution in [0, 0.1) is 5.41 Å². The molecule has 0 radical (unpaired) electrons. The zero-order chi connectivity index (χ0) is 15.5. The van der Waals surface area contributed by atoms with E-state index in [0.717, 1.165) is 11.1 Å². The SMILES string of the molecule is COC(=O)C12CCC(C3=NOC(O)(C(C)(F)F)C3)=C(C1)C2. The molecule has 1 heterocycles. The van der Waals surface area contributed by atoms with Gasteiger partial charge >= 0.3 is 17.7 Å². The van der Waals surface area contributed by atoms with E-state index in [4.69, 9.17) is 4.74 Å². The quantitative estimate of drug-likeness (QED) is 0.811. The van der Waals surface area contributed by atoms with Crippen LogP contribution in [0.4, 0.5) is 8.78 Å². The maximum Gasteiger partial charge on any atom is 0.312 e. The second-order valence-electron chi connectivity index (χ2n) is 6.19. The van der Waals surface area contributed by atoms with Crippen LogP contribution in [-0.2, 0) is 14.4 Å². The Balaban J connectivity index is 1.76. The summed E-state index contributed by atoms with van der Waals surface area (Å²) in [4.78, 5) is 16.3. The number of nitrogens with zero attached hydrogens (tertiary/aromatic N) is 1. The van der Waals surface area contributed by atoms with Crippen molar-refractivity contribution in [2.24, 2.45) is 10.6 Å². The Morgan fingerprint density at radius 2 is 2.10 bits per heavy atom. The lowest BCUT2D eigenvalue weighted by molar-refractivity contribution is -0.298. The molecule has 0 amide bonds. The molecule has 1 saturated carbocycles. The van der Waals surface area contributed by atoms with Gasteiger partial charge in [-0.05, 0) is 31.3 Å². The number of carbonyl (C=O) groups is 1. The van der Waals surface area contributed by atoms with Crippen molar-refractivity contribution in [1.82, 2.24) is 0 Å². The lowest BCUT2D eigenvalue weighted by atomic mass is 9.56. The third-order valence-electron chi connectivity index (χ3n) is 4.75. The first-order chi connectivity index (χ1) is 9.71. The maximum atomic E-state index is 13.3. The van der Waals surface area contributed by atoms with Gasteiger partial charge in [0.15, 0.2) is 0 Å². The van der Waals surface area contributed by atoms with Crippen molar-refractivity contribution in [1.29, 1.82) is 0 Å². The summed E-state index contributed by atoms with van der Waals surface area (Å²) in [5.41, 5.74) is 1.80. The van der Waals surface area contributed by atoms with Crippen molar-refractivity contribution >= 4 is 11.7 Å². The number of methoxy groups -OCH3 is 1. The van der Waals surface area contributed by atoms with E-state index in [9.17, 15) is 18.7 Å². The van der Waals surface area contributed by atoms with Gasteiger partial charge in [0.25, 0.3) is 0 Å². The minimum atomic E-state index is -3.40. The van der Waals surface area contributed by atoms with Crippen molar-refractivity contribution in [3.63, 3.8) is 0 Å². The lowest BCUT2D eigenvalue weighted by Gasteiger charge is -2.46.